The molecule has 0 aliphatic carbocycles. The summed E-state index contributed by atoms with van der Waals surface area (Å²) in [6.45, 7) is 0. The molecule has 0 bridgehead atoms. The van der Waals surface area contributed by atoms with Crippen molar-refractivity contribution >= 4 is 32.3 Å². The summed E-state index contributed by atoms with van der Waals surface area (Å²) in [6, 6.07) is 61.7. The van der Waals surface area contributed by atoms with Crippen molar-refractivity contribution in [3.63, 3.8) is 0 Å². The molecule has 0 fully saturated rings. The fraction of sp³-hybridized carbons (Fsp3) is 0. The average molecular weight is 533 g/mol. The number of hydrogen-bond acceptors (Lipinski definition) is 0. The average Bonchev–Trinajstić information content (AvgIpc) is 3.08. The van der Waals surface area contributed by atoms with Gasteiger partial charge >= 0.3 is 0 Å². The zero-order valence-electron chi connectivity index (χ0n) is 23.2. The minimum atomic E-state index is 1.23. The molecule has 8 aromatic carbocycles. The molecular formula is C42H28. The Labute approximate surface area is 246 Å². The van der Waals surface area contributed by atoms with Crippen molar-refractivity contribution in [2.45, 2.75) is 0 Å². The molecule has 0 atom stereocenters. The van der Waals surface area contributed by atoms with E-state index < -0.39 is 0 Å². The quantitative estimate of drug-likeness (QED) is 0.198. The van der Waals surface area contributed by atoms with Crippen LogP contribution in [0.15, 0.2) is 170 Å². The smallest absolute Gasteiger partial charge is 0.00928 e. The van der Waals surface area contributed by atoms with Crippen LogP contribution in [0.4, 0.5) is 0 Å². The van der Waals surface area contributed by atoms with Crippen molar-refractivity contribution in [3.8, 4) is 44.5 Å². The molecule has 0 spiro atoms. The van der Waals surface area contributed by atoms with Crippen LogP contribution in [0.5, 0.6) is 0 Å². The van der Waals surface area contributed by atoms with E-state index in [2.05, 4.69) is 170 Å². The van der Waals surface area contributed by atoms with Gasteiger partial charge < -0.3 is 0 Å². The van der Waals surface area contributed by atoms with Crippen LogP contribution in [0.2, 0.25) is 0 Å². The monoisotopic (exact) mass is 532 g/mol. The lowest BCUT2D eigenvalue weighted by Crippen LogP contribution is -1.89. The molecule has 196 valence electrons. The molecule has 0 nitrogen and oxygen atoms in total. The third kappa shape index (κ3) is 4.26. The van der Waals surface area contributed by atoms with E-state index in [1.165, 1.54) is 76.8 Å². The lowest BCUT2D eigenvalue weighted by atomic mass is 9.88. The van der Waals surface area contributed by atoms with Gasteiger partial charge in [-0.25, -0.2) is 0 Å². The van der Waals surface area contributed by atoms with Crippen LogP contribution >= 0.6 is 0 Å². The maximum absolute atomic E-state index is 2.35. The van der Waals surface area contributed by atoms with E-state index in [0.29, 0.717) is 0 Å². The second-order valence-corrected chi connectivity index (χ2v) is 11.0. The Morgan fingerprint density at radius 1 is 0.214 bits per heavy atom. The Kier molecular flexibility index (Phi) is 5.90. The Morgan fingerprint density at radius 3 is 1.48 bits per heavy atom. The van der Waals surface area contributed by atoms with E-state index in [4.69, 9.17) is 0 Å². The molecule has 0 saturated heterocycles. The maximum atomic E-state index is 2.35. The van der Waals surface area contributed by atoms with Crippen LogP contribution in [0.3, 0.4) is 0 Å². The predicted octanol–water partition coefficient (Wildman–Crippen LogP) is 11.8. The molecule has 0 unspecified atom stereocenters. The maximum Gasteiger partial charge on any atom is -0.00928 e. The van der Waals surface area contributed by atoms with Crippen LogP contribution in [-0.4, -0.2) is 0 Å². The first-order valence-corrected chi connectivity index (χ1v) is 14.5. The molecule has 8 aromatic rings. The number of fused-ring (bicyclic) bond motifs is 4. The Bertz CT molecular complexity index is 2220. The molecule has 0 heterocycles. The topological polar surface area (TPSA) is 0 Å². The molecule has 0 amide bonds. The Morgan fingerprint density at radius 2 is 0.714 bits per heavy atom. The minimum absolute atomic E-state index is 1.23. The third-order valence-electron chi connectivity index (χ3n) is 8.46. The minimum Gasteiger partial charge on any atom is -0.0622 e. The van der Waals surface area contributed by atoms with E-state index in [9.17, 15) is 0 Å². The van der Waals surface area contributed by atoms with Crippen LogP contribution in [-0.2, 0) is 0 Å². The van der Waals surface area contributed by atoms with Crippen molar-refractivity contribution in [2.24, 2.45) is 0 Å². The van der Waals surface area contributed by atoms with Crippen LogP contribution < -0.4 is 0 Å². The first kappa shape index (κ1) is 24.3. The molecule has 0 heteroatoms. The number of rotatable bonds is 4. The highest BCUT2D eigenvalue weighted by Crippen LogP contribution is 2.40. The zero-order chi connectivity index (χ0) is 27.9. The Hall–Kier alpha value is -5.46. The van der Waals surface area contributed by atoms with Crippen molar-refractivity contribution in [3.05, 3.63) is 170 Å². The number of hydrogen-bond donors (Lipinski definition) is 0. The lowest BCUT2D eigenvalue weighted by Gasteiger charge is -2.15. The predicted molar refractivity (Wildman–Crippen MR) is 181 cm³/mol. The second kappa shape index (κ2) is 10.2. The van der Waals surface area contributed by atoms with E-state index >= 15 is 0 Å². The summed E-state index contributed by atoms with van der Waals surface area (Å²) in [4.78, 5) is 0. The summed E-state index contributed by atoms with van der Waals surface area (Å²) < 4.78 is 0. The van der Waals surface area contributed by atoms with Gasteiger partial charge in [-0.2, -0.15) is 0 Å². The van der Waals surface area contributed by atoms with Gasteiger partial charge in [-0.1, -0.05) is 152 Å². The summed E-state index contributed by atoms with van der Waals surface area (Å²) in [5, 5.41) is 7.64. The van der Waals surface area contributed by atoms with Gasteiger partial charge in [0.25, 0.3) is 0 Å². The van der Waals surface area contributed by atoms with E-state index in [1.807, 2.05) is 0 Å². The van der Waals surface area contributed by atoms with Crippen LogP contribution in [0.1, 0.15) is 0 Å². The van der Waals surface area contributed by atoms with Crippen molar-refractivity contribution < 1.29 is 0 Å². The highest BCUT2D eigenvalue weighted by atomic mass is 14.2. The molecule has 42 heavy (non-hydrogen) atoms. The van der Waals surface area contributed by atoms with Crippen molar-refractivity contribution in [2.75, 3.05) is 0 Å². The zero-order valence-corrected chi connectivity index (χ0v) is 23.2. The molecule has 8 rings (SSSR count). The summed E-state index contributed by atoms with van der Waals surface area (Å²) in [5.74, 6) is 0. The van der Waals surface area contributed by atoms with E-state index in [1.54, 1.807) is 0 Å². The molecule has 0 radical (unpaired) electrons. The standard InChI is InChI=1S/C42H28/c1-2-10-29(11-3-1)30-18-20-31(21-19-30)32-22-23-34-27-36(25-24-33(34)26-32)38-14-6-7-16-40(38)42-28-35-12-4-5-13-37(35)39-15-8-9-17-41(39)42/h1-28H. The third-order valence-corrected chi connectivity index (χ3v) is 8.46. The van der Waals surface area contributed by atoms with Crippen molar-refractivity contribution in [1.82, 2.24) is 0 Å². The van der Waals surface area contributed by atoms with Crippen LogP contribution in [0, 0.1) is 0 Å². The molecular weight excluding hydrogens is 504 g/mol. The summed E-state index contributed by atoms with van der Waals surface area (Å²) in [6.07, 6.45) is 0. The summed E-state index contributed by atoms with van der Waals surface area (Å²) >= 11 is 0. The fourth-order valence-electron chi connectivity index (χ4n) is 6.33. The molecule has 0 saturated carbocycles. The highest BCUT2D eigenvalue weighted by molar-refractivity contribution is 6.15. The van der Waals surface area contributed by atoms with Gasteiger partial charge in [-0.15, -0.1) is 0 Å². The molecule has 0 aliphatic rings. The molecule has 0 aliphatic heterocycles. The van der Waals surface area contributed by atoms with Gasteiger partial charge in [0.05, 0.1) is 0 Å². The Balaban J connectivity index is 1.19. The van der Waals surface area contributed by atoms with Gasteiger partial charge in [0.2, 0.25) is 0 Å². The largest absolute Gasteiger partial charge is 0.0622 e. The van der Waals surface area contributed by atoms with Gasteiger partial charge in [-0.05, 0) is 95.0 Å². The first-order valence-electron chi connectivity index (χ1n) is 14.5. The number of benzene rings is 8. The van der Waals surface area contributed by atoms with Gasteiger partial charge in [-0.3, -0.25) is 0 Å². The SMILES string of the molecule is c1ccc(-c2ccc(-c3ccc4cc(-c5ccccc5-c5cc6ccccc6c6ccccc56)ccc4c3)cc2)cc1. The van der Waals surface area contributed by atoms with Gasteiger partial charge in [0.15, 0.2) is 0 Å². The summed E-state index contributed by atoms with van der Waals surface area (Å²) in [5.41, 5.74) is 9.96. The summed E-state index contributed by atoms with van der Waals surface area (Å²) in [7, 11) is 0. The van der Waals surface area contributed by atoms with Gasteiger partial charge in [0, 0.05) is 0 Å². The first-order chi connectivity index (χ1) is 20.8. The highest BCUT2D eigenvalue weighted by Gasteiger charge is 2.13. The normalized spacial score (nSPS) is 11.3. The molecule has 0 N–H and O–H groups in total. The lowest BCUT2D eigenvalue weighted by molar-refractivity contribution is 1.59. The van der Waals surface area contributed by atoms with Crippen molar-refractivity contribution in [1.29, 1.82) is 0 Å². The molecule has 0 aromatic heterocycles. The fourth-order valence-corrected chi connectivity index (χ4v) is 6.33. The van der Waals surface area contributed by atoms with Gasteiger partial charge in [0.1, 0.15) is 0 Å². The van der Waals surface area contributed by atoms with Crippen LogP contribution in [0.25, 0.3) is 76.8 Å². The second-order valence-electron chi connectivity index (χ2n) is 11.0. The van der Waals surface area contributed by atoms with E-state index in [-0.39, 0.29) is 0 Å². The van der Waals surface area contributed by atoms with E-state index in [0.717, 1.165) is 0 Å².